The highest BCUT2D eigenvalue weighted by Crippen LogP contribution is 2.43. The Bertz CT molecular complexity index is 350. The molecule has 2 aliphatic heterocycles. The first-order chi connectivity index (χ1) is 6.90. The minimum absolute atomic E-state index is 0.356. The molecule has 2 aliphatic rings. The standard InChI is InChI=1S/C12H15NO/c1-14-11-7-6-10-8-4-2-3-5-9(8)12(11)13-10/h2-5,10-13H,6-7H2,1H3/t10-,11+,12-/m1/s1. The van der Waals surface area contributed by atoms with Crippen molar-refractivity contribution in [3.05, 3.63) is 35.4 Å². The van der Waals surface area contributed by atoms with Gasteiger partial charge >= 0.3 is 0 Å². The number of hydrogen-bond donors (Lipinski definition) is 1. The van der Waals surface area contributed by atoms with Crippen molar-refractivity contribution >= 4 is 0 Å². The summed E-state index contributed by atoms with van der Waals surface area (Å²) in [7, 11) is 1.81. The molecule has 1 N–H and O–H groups in total. The van der Waals surface area contributed by atoms with Crippen molar-refractivity contribution in [2.45, 2.75) is 31.0 Å². The maximum atomic E-state index is 5.52. The monoisotopic (exact) mass is 189 g/mol. The van der Waals surface area contributed by atoms with Gasteiger partial charge in [0.1, 0.15) is 0 Å². The zero-order chi connectivity index (χ0) is 9.54. The van der Waals surface area contributed by atoms with E-state index < -0.39 is 0 Å². The highest BCUT2D eigenvalue weighted by Gasteiger charge is 2.39. The van der Waals surface area contributed by atoms with Crippen LogP contribution in [0.2, 0.25) is 0 Å². The molecule has 2 nitrogen and oxygen atoms in total. The maximum Gasteiger partial charge on any atom is 0.0766 e. The van der Waals surface area contributed by atoms with E-state index in [1.165, 1.54) is 24.0 Å². The Balaban J connectivity index is 2.05. The van der Waals surface area contributed by atoms with Crippen LogP contribution in [0.25, 0.3) is 0 Å². The second kappa shape index (κ2) is 3.07. The lowest BCUT2D eigenvalue weighted by atomic mass is 10.0. The van der Waals surface area contributed by atoms with Gasteiger partial charge in [0.15, 0.2) is 0 Å². The van der Waals surface area contributed by atoms with Crippen molar-refractivity contribution in [3.63, 3.8) is 0 Å². The molecule has 3 rings (SSSR count). The van der Waals surface area contributed by atoms with Crippen molar-refractivity contribution in [1.82, 2.24) is 5.32 Å². The summed E-state index contributed by atoms with van der Waals surface area (Å²) in [5.74, 6) is 0. The first-order valence-corrected chi connectivity index (χ1v) is 5.28. The van der Waals surface area contributed by atoms with E-state index in [0.29, 0.717) is 18.2 Å². The van der Waals surface area contributed by atoms with Crippen LogP contribution in [0.4, 0.5) is 0 Å². The summed E-state index contributed by atoms with van der Waals surface area (Å²) >= 11 is 0. The van der Waals surface area contributed by atoms with Crippen LogP contribution in [0.3, 0.4) is 0 Å². The highest BCUT2D eigenvalue weighted by atomic mass is 16.5. The summed E-state index contributed by atoms with van der Waals surface area (Å²) < 4.78 is 5.52. The molecular formula is C12H15NO. The smallest absolute Gasteiger partial charge is 0.0766 e. The lowest BCUT2D eigenvalue weighted by Crippen LogP contribution is -2.35. The molecule has 74 valence electrons. The van der Waals surface area contributed by atoms with Gasteiger partial charge < -0.3 is 10.1 Å². The van der Waals surface area contributed by atoms with Crippen LogP contribution in [0.5, 0.6) is 0 Å². The number of methoxy groups -OCH3 is 1. The third-order valence-electron chi connectivity index (χ3n) is 3.50. The van der Waals surface area contributed by atoms with Gasteiger partial charge in [0, 0.05) is 13.2 Å². The van der Waals surface area contributed by atoms with Crippen LogP contribution in [0.15, 0.2) is 24.3 Å². The number of hydrogen-bond acceptors (Lipinski definition) is 2. The molecule has 0 aromatic heterocycles. The van der Waals surface area contributed by atoms with E-state index in [0.717, 1.165) is 0 Å². The number of fused-ring (bicyclic) bond motifs is 5. The van der Waals surface area contributed by atoms with Gasteiger partial charge in [0.05, 0.1) is 12.1 Å². The van der Waals surface area contributed by atoms with Crippen molar-refractivity contribution < 1.29 is 4.74 Å². The Kier molecular flexibility index (Phi) is 1.85. The number of ether oxygens (including phenoxy) is 1. The Morgan fingerprint density at radius 3 is 2.79 bits per heavy atom. The van der Waals surface area contributed by atoms with Crippen molar-refractivity contribution in [2.24, 2.45) is 0 Å². The van der Waals surface area contributed by atoms with E-state index in [1.807, 2.05) is 7.11 Å². The summed E-state index contributed by atoms with van der Waals surface area (Å²) in [6.45, 7) is 0. The van der Waals surface area contributed by atoms with Crippen molar-refractivity contribution in [2.75, 3.05) is 7.11 Å². The second-order valence-electron chi connectivity index (χ2n) is 4.18. The molecule has 1 aromatic carbocycles. The first-order valence-electron chi connectivity index (χ1n) is 5.28. The lowest BCUT2D eigenvalue weighted by molar-refractivity contribution is 0.0418. The van der Waals surface area contributed by atoms with Crippen molar-refractivity contribution in [3.8, 4) is 0 Å². The van der Waals surface area contributed by atoms with Crippen LogP contribution >= 0.6 is 0 Å². The SMILES string of the molecule is CO[C@H]1CC[C@H]2N[C@@H]1c1ccccc12. The Morgan fingerprint density at radius 2 is 2.00 bits per heavy atom. The van der Waals surface area contributed by atoms with E-state index in [9.17, 15) is 0 Å². The molecule has 0 aliphatic carbocycles. The minimum Gasteiger partial charge on any atom is -0.379 e. The third-order valence-corrected chi connectivity index (χ3v) is 3.50. The van der Waals surface area contributed by atoms with Gasteiger partial charge in [-0.15, -0.1) is 0 Å². The summed E-state index contributed by atoms with van der Waals surface area (Å²) in [6.07, 6.45) is 2.73. The Hall–Kier alpha value is -0.860. The molecule has 1 fully saturated rings. The number of benzene rings is 1. The first kappa shape index (κ1) is 8.45. The van der Waals surface area contributed by atoms with Crippen LogP contribution in [-0.2, 0) is 4.74 Å². The molecule has 0 saturated carbocycles. The highest BCUT2D eigenvalue weighted by molar-refractivity contribution is 5.39. The zero-order valence-electron chi connectivity index (χ0n) is 8.36. The summed E-state index contributed by atoms with van der Waals surface area (Å²) in [5, 5.41) is 3.63. The van der Waals surface area contributed by atoms with Gasteiger partial charge in [0.25, 0.3) is 0 Å². The van der Waals surface area contributed by atoms with Gasteiger partial charge in [0.2, 0.25) is 0 Å². The normalized spacial score (nSPS) is 34.2. The molecule has 0 spiro atoms. The number of nitrogens with one attached hydrogen (secondary N) is 1. The molecule has 1 saturated heterocycles. The number of piperidine rings is 1. The zero-order valence-corrected chi connectivity index (χ0v) is 8.36. The van der Waals surface area contributed by atoms with E-state index >= 15 is 0 Å². The molecule has 3 atom stereocenters. The van der Waals surface area contributed by atoms with E-state index in [4.69, 9.17) is 4.74 Å². The van der Waals surface area contributed by atoms with Crippen LogP contribution in [0, 0.1) is 0 Å². The van der Waals surface area contributed by atoms with Crippen LogP contribution in [0.1, 0.15) is 36.1 Å². The van der Waals surface area contributed by atoms with Gasteiger partial charge in [-0.25, -0.2) is 0 Å². The third kappa shape index (κ3) is 1.04. The molecule has 2 heterocycles. The predicted molar refractivity (Wildman–Crippen MR) is 55.1 cm³/mol. The number of rotatable bonds is 1. The van der Waals surface area contributed by atoms with E-state index in [1.54, 1.807) is 0 Å². The fourth-order valence-electron chi connectivity index (χ4n) is 2.81. The van der Waals surface area contributed by atoms with E-state index in [2.05, 4.69) is 29.6 Å². The maximum absolute atomic E-state index is 5.52. The Morgan fingerprint density at radius 1 is 1.21 bits per heavy atom. The van der Waals surface area contributed by atoms with Gasteiger partial charge in [-0.05, 0) is 24.0 Å². The largest absolute Gasteiger partial charge is 0.379 e. The predicted octanol–water partition coefficient (Wildman–Crippen LogP) is 2.18. The molecule has 14 heavy (non-hydrogen) atoms. The minimum atomic E-state index is 0.356. The summed E-state index contributed by atoms with van der Waals surface area (Å²) in [4.78, 5) is 0. The van der Waals surface area contributed by atoms with Crippen LogP contribution < -0.4 is 5.32 Å². The fraction of sp³-hybridized carbons (Fsp3) is 0.500. The van der Waals surface area contributed by atoms with E-state index in [-0.39, 0.29) is 0 Å². The average molecular weight is 189 g/mol. The summed E-state index contributed by atoms with van der Waals surface area (Å²) in [5.41, 5.74) is 2.93. The molecule has 2 bridgehead atoms. The Labute approximate surface area is 84.3 Å². The molecule has 2 heteroatoms. The molecule has 1 aromatic rings. The summed E-state index contributed by atoms with van der Waals surface area (Å²) in [6, 6.07) is 9.71. The molecular weight excluding hydrogens is 174 g/mol. The van der Waals surface area contributed by atoms with Gasteiger partial charge in [-0.3, -0.25) is 0 Å². The second-order valence-corrected chi connectivity index (χ2v) is 4.18. The molecule has 0 unspecified atom stereocenters. The van der Waals surface area contributed by atoms with Gasteiger partial charge in [-0.2, -0.15) is 0 Å². The van der Waals surface area contributed by atoms with Crippen molar-refractivity contribution in [1.29, 1.82) is 0 Å². The molecule has 0 radical (unpaired) electrons. The topological polar surface area (TPSA) is 21.3 Å². The van der Waals surface area contributed by atoms with Crippen LogP contribution in [-0.4, -0.2) is 13.2 Å². The molecule has 0 amide bonds. The average Bonchev–Trinajstić information content (AvgIpc) is 2.55. The quantitative estimate of drug-likeness (QED) is 0.731. The van der Waals surface area contributed by atoms with Gasteiger partial charge in [-0.1, -0.05) is 24.3 Å². The lowest BCUT2D eigenvalue weighted by Gasteiger charge is -2.29. The fourth-order valence-corrected chi connectivity index (χ4v) is 2.81.